The van der Waals surface area contributed by atoms with E-state index < -0.39 is 17.9 Å². The summed E-state index contributed by atoms with van der Waals surface area (Å²) < 4.78 is 6.78. The predicted molar refractivity (Wildman–Crippen MR) is 90.4 cm³/mol. The van der Waals surface area contributed by atoms with Crippen molar-refractivity contribution in [2.75, 3.05) is 0 Å². The Kier molecular flexibility index (Phi) is 3.51. The van der Waals surface area contributed by atoms with E-state index in [1.165, 1.54) is 6.20 Å². The predicted octanol–water partition coefficient (Wildman–Crippen LogP) is 2.76. The van der Waals surface area contributed by atoms with E-state index in [9.17, 15) is 9.59 Å². The summed E-state index contributed by atoms with van der Waals surface area (Å²) in [4.78, 5) is 28.1. The Balaban J connectivity index is 2.07. The number of rotatable bonds is 3. The fraction of sp³-hybridized carbons (Fsp3) is 0.0588. The molecule has 1 N–H and O–H groups in total. The van der Waals surface area contributed by atoms with Gasteiger partial charge in [-0.1, -0.05) is 23.7 Å². The average Bonchev–Trinajstić information content (AvgIpc) is 2.93. The molecule has 1 aromatic carbocycles. The summed E-state index contributed by atoms with van der Waals surface area (Å²) in [5.41, 5.74) is 0.480. The van der Waals surface area contributed by atoms with Gasteiger partial charge >= 0.3 is 5.97 Å². The zero-order chi connectivity index (χ0) is 17.6. The molecule has 0 radical (unpaired) electrons. The highest BCUT2D eigenvalue weighted by molar-refractivity contribution is 6.30. The van der Waals surface area contributed by atoms with Crippen LogP contribution >= 0.6 is 11.6 Å². The molecule has 25 heavy (non-hydrogen) atoms. The molecule has 0 saturated heterocycles. The first-order valence-electron chi connectivity index (χ1n) is 7.32. The van der Waals surface area contributed by atoms with Crippen molar-refractivity contribution in [3.63, 3.8) is 0 Å². The number of carboxylic acids is 1. The molecule has 0 saturated carbocycles. The maximum absolute atomic E-state index is 12.8. The van der Waals surface area contributed by atoms with Gasteiger partial charge in [0.25, 0.3) is 5.56 Å². The van der Waals surface area contributed by atoms with Crippen molar-refractivity contribution >= 4 is 28.5 Å². The minimum atomic E-state index is -1.10. The summed E-state index contributed by atoms with van der Waals surface area (Å²) in [5, 5.41) is 14.5. The molecule has 3 heterocycles. The van der Waals surface area contributed by atoms with Crippen LogP contribution in [-0.2, 0) is 11.2 Å². The van der Waals surface area contributed by atoms with E-state index in [-0.39, 0.29) is 17.1 Å². The number of benzene rings is 1. The molecule has 0 atom stereocenters. The fourth-order valence-electron chi connectivity index (χ4n) is 2.69. The van der Waals surface area contributed by atoms with E-state index in [4.69, 9.17) is 21.1 Å². The molecule has 0 fully saturated rings. The maximum atomic E-state index is 12.8. The minimum absolute atomic E-state index is 0.0615. The van der Waals surface area contributed by atoms with E-state index in [1.54, 1.807) is 36.4 Å². The van der Waals surface area contributed by atoms with Crippen LogP contribution in [0.4, 0.5) is 0 Å². The fourth-order valence-corrected chi connectivity index (χ4v) is 2.80. The van der Waals surface area contributed by atoms with Gasteiger partial charge in [-0.25, -0.2) is 4.98 Å². The maximum Gasteiger partial charge on any atom is 0.311 e. The van der Waals surface area contributed by atoms with Gasteiger partial charge in [0.2, 0.25) is 0 Å². The molecule has 0 aliphatic carbocycles. The van der Waals surface area contributed by atoms with Gasteiger partial charge in [0.15, 0.2) is 5.82 Å². The zero-order valence-corrected chi connectivity index (χ0v) is 13.4. The number of hydrogen-bond donors (Lipinski definition) is 1. The van der Waals surface area contributed by atoms with Crippen LogP contribution in [0.1, 0.15) is 5.76 Å². The van der Waals surface area contributed by atoms with E-state index in [0.717, 1.165) is 4.68 Å². The van der Waals surface area contributed by atoms with Crippen LogP contribution in [0.3, 0.4) is 0 Å². The third kappa shape index (κ3) is 2.54. The lowest BCUT2D eigenvalue weighted by atomic mass is 10.1. The molecule has 0 amide bonds. The van der Waals surface area contributed by atoms with E-state index in [1.807, 2.05) is 0 Å². The van der Waals surface area contributed by atoms with Gasteiger partial charge in [-0.2, -0.15) is 9.78 Å². The summed E-state index contributed by atoms with van der Waals surface area (Å²) in [5.74, 6) is -0.750. The number of carboxylic acid groups (broad SMARTS) is 1. The lowest BCUT2D eigenvalue weighted by Gasteiger charge is -2.06. The van der Waals surface area contributed by atoms with Crippen molar-refractivity contribution in [1.82, 2.24) is 14.8 Å². The third-order valence-electron chi connectivity index (χ3n) is 3.74. The standard InChI is InChI=1S/C17H10ClN3O4/c18-9-5-6-13(19-8-9)21-17(24)15-12(7-14(22)23)25-11-4-2-1-3-10(11)16(15)20-21/h1-6,8H,7H2,(H,22,23). The normalized spacial score (nSPS) is 11.2. The number of aromatic nitrogens is 3. The first-order valence-corrected chi connectivity index (χ1v) is 7.69. The molecule has 2 aromatic rings. The number of aliphatic carboxylic acids is 1. The highest BCUT2D eigenvalue weighted by Gasteiger charge is 2.26. The molecule has 1 aromatic heterocycles. The second-order valence-corrected chi connectivity index (χ2v) is 5.80. The molecule has 7 nitrogen and oxygen atoms in total. The largest absolute Gasteiger partial charge is 0.481 e. The zero-order valence-electron chi connectivity index (χ0n) is 12.6. The second kappa shape index (κ2) is 5.71. The number of para-hydroxylation sites is 1. The smallest absolute Gasteiger partial charge is 0.311 e. The topological polar surface area (TPSA) is 98.2 Å². The Morgan fingerprint density at radius 2 is 2.04 bits per heavy atom. The summed E-state index contributed by atoms with van der Waals surface area (Å²) >= 11 is 5.83. The molecule has 2 aliphatic rings. The molecule has 8 heteroatoms. The van der Waals surface area contributed by atoms with Crippen molar-refractivity contribution in [1.29, 1.82) is 0 Å². The van der Waals surface area contributed by atoms with Crippen LogP contribution in [0, 0.1) is 0 Å². The number of pyridine rings is 1. The van der Waals surface area contributed by atoms with E-state index in [2.05, 4.69) is 10.1 Å². The quantitative estimate of drug-likeness (QED) is 0.606. The van der Waals surface area contributed by atoms with Crippen LogP contribution < -0.4 is 5.56 Å². The van der Waals surface area contributed by atoms with Crippen LogP contribution in [0.2, 0.25) is 5.02 Å². The van der Waals surface area contributed by atoms with Crippen LogP contribution in [0.5, 0.6) is 0 Å². The first-order chi connectivity index (χ1) is 12.0. The molecular formula is C17H10ClN3O4. The van der Waals surface area contributed by atoms with Gasteiger partial charge in [-0.15, -0.1) is 0 Å². The van der Waals surface area contributed by atoms with Gasteiger partial charge in [0, 0.05) is 11.6 Å². The molecular weight excluding hydrogens is 346 g/mol. The van der Waals surface area contributed by atoms with E-state index >= 15 is 0 Å². The van der Waals surface area contributed by atoms with Gasteiger partial charge in [0.1, 0.15) is 29.0 Å². The molecule has 0 unspecified atom stereocenters. The van der Waals surface area contributed by atoms with Gasteiger partial charge in [-0.3, -0.25) is 9.59 Å². The number of hydrogen-bond acceptors (Lipinski definition) is 5. The summed E-state index contributed by atoms with van der Waals surface area (Å²) in [6, 6.07) is 10.2. The average molecular weight is 356 g/mol. The molecule has 0 bridgehead atoms. The number of fused-ring (bicyclic) bond motifs is 3. The molecule has 2 aliphatic heterocycles. The highest BCUT2D eigenvalue weighted by Crippen LogP contribution is 2.31. The molecule has 0 spiro atoms. The van der Waals surface area contributed by atoms with Crippen LogP contribution in [-0.4, -0.2) is 25.8 Å². The van der Waals surface area contributed by atoms with Crippen molar-refractivity contribution in [3.8, 4) is 17.1 Å². The Morgan fingerprint density at radius 3 is 2.76 bits per heavy atom. The van der Waals surface area contributed by atoms with Crippen molar-refractivity contribution in [2.45, 2.75) is 6.42 Å². The Labute approximate surface area is 145 Å². The van der Waals surface area contributed by atoms with E-state index in [0.29, 0.717) is 21.7 Å². The number of halogens is 1. The highest BCUT2D eigenvalue weighted by atomic mass is 35.5. The number of carbonyl (C=O) groups is 1. The summed E-state index contributed by atoms with van der Waals surface area (Å²) in [7, 11) is 0. The summed E-state index contributed by atoms with van der Waals surface area (Å²) in [6.07, 6.45) is 0.986. The molecule has 4 rings (SSSR count). The van der Waals surface area contributed by atoms with Crippen molar-refractivity contribution in [3.05, 3.63) is 63.7 Å². The lowest BCUT2D eigenvalue weighted by molar-refractivity contribution is -0.136. The number of nitrogens with zero attached hydrogens (tertiary/aromatic N) is 3. The second-order valence-electron chi connectivity index (χ2n) is 5.37. The lowest BCUT2D eigenvalue weighted by Crippen LogP contribution is -2.17. The van der Waals surface area contributed by atoms with Crippen LogP contribution in [0.25, 0.3) is 28.0 Å². The Morgan fingerprint density at radius 1 is 1.24 bits per heavy atom. The van der Waals surface area contributed by atoms with Crippen molar-refractivity contribution in [2.24, 2.45) is 0 Å². The van der Waals surface area contributed by atoms with Gasteiger partial charge in [-0.05, 0) is 24.3 Å². The van der Waals surface area contributed by atoms with Gasteiger partial charge in [0.05, 0.1) is 5.02 Å². The Bertz CT molecular complexity index is 1130. The first kappa shape index (κ1) is 15.3. The SMILES string of the molecule is O=C(O)Cc1oc2ccccc2c2nn(-c3ccc(Cl)cn3)c(=O)c1-2. The minimum Gasteiger partial charge on any atom is -0.481 e. The monoisotopic (exact) mass is 355 g/mol. The van der Waals surface area contributed by atoms with Crippen molar-refractivity contribution < 1.29 is 14.3 Å². The van der Waals surface area contributed by atoms with Gasteiger partial charge < -0.3 is 9.52 Å². The van der Waals surface area contributed by atoms with Crippen LogP contribution in [0.15, 0.2) is 51.8 Å². The molecule has 124 valence electrons. The summed E-state index contributed by atoms with van der Waals surface area (Å²) in [6.45, 7) is 0. The third-order valence-corrected chi connectivity index (χ3v) is 3.96. The Hall–Kier alpha value is -3.19.